The minimum Gasteiger partial charge on any atom is -0.320 e. The number of nitrogens with zero attached hydrogens (tertiary/aromatic N) is 2. The van der Waals surface area contributed by atoms with E-state index in [4.69, 9.17) is 0 Å². The van der Waals surface area contributed by atoms with E-state index in [1.165, 1.54) is 0 Å². The lowest BCUT2D eigenvalue weighted by Crippen LogP contribution is -2.22. The van der Waals surface area contributed by atoms with Crippen molar-refractivity contribution in [1.82, 2.24) is 9.38 Å². The molecule has 4 aromatic rings. The van der Waals surface area contributed by atoms with Crippen LogP contribution >= 0.6 is 0 Å². The van der Waals surface area contributed by atoms with Gasteiger partial charge in [0.15, 0.2) is 0 Å². The number of hydrogen-bond donors (Lipinski definition) is 1. The lowest BCUT2D eigenvalue weighted by Gasteiger charge is -2.04. The minimum atomic E-state index is -0.663. The Labute approximate surface area is 156 Å². The minimum absolute atomic E-state index is 0.396. The van der Waals surface area contributed by atoms with Crippen molar-refractivity contribution in [1.29, 1.82) is 0 Å². The van der Waals surface area contributed by atoms with E-state index in [9.17, 15) is 9.59 Å². The maximum absolute atomic E-state index is 12.8. The van der Waals surface area contributed by atoms with Gasteiger partial charge >= 0.3 is 0 Å². The number of ketones is 1. The molecule has 3 aromatic heterocycles. The molecule has 1 amide bonds. The van der Waals surface area contributed by atoms with Gasteiger partial charge in [0, 0.05) is 36.4 Å². The molecule has 0 aliphatic rings. The van der Waals surface area contributed by atoms with E-state index >= 15 is 0 Å². The third-order valence-electron chi connectivity index (χ3n) is 4.37. The Morgan fingerprint density at radius 1 is 0.926 bits per heavy atom. The fraction of sp³-hybridized carbons (Fsp3) is 0.0455. The summed E-state index contributed by atoms with van der Waals surface area (Å²) < 4.78 is 1.96. The molecule has 1 aromatic carbocycles. The van der Waals surface area contributed by atoms with Gasteiger partial charge in [0.05, 0.1) is 11.1 Å². The Bertz CT molecular complexity index is 1100. The topological polar surface area (TPSA) is 63.5 Å². The highest BCUT2D eigenvalue weighted by molar-refractivity contribution is 6.47. The number of anilines is 1. The van der Waals surface area contributed by atoms with Gasteiger partial charge < -0.3 is 9.72 Å². The van der Waals surface area contributed by atoms with E-state index < -0.39 is 11.7 Å². The number of carbonyl (C=O) groups is 2. The molecule has 0 unspecified atom stereocenters. The van der Waals surface area contributed by atoms with E-state index in [1.807, 2.05) is 59.1 Å². The highest BCUT2D eigenvalue weighted by Crippen LogP contribution is 2.21. The maximum atomic E-state index is 12.8. The summed E-state index contributed by atoms with van der Waals surface area (Å²) in [5.41, 5.74) is 3.75. The molecule has 0 fully saturated rings. The highest BCUT2D eigenvalue weighted by atomic mass is 16.2. The monoisotopic (exact) mass is 355 g/mol. The van der Waals surface area contributed by atoms with E-state index in [2.05, 4.69) is 10.3 Å². The number of benzene rings is 1. The molecule has 0 aliphatic heterocycles. The largest absolute Gasteiger partial charge is 0.320 e. The predicted molar refractivity (Wildman–Crippen MR) is 104 cm³/mol. The summed E-state index contributed by atoms with van der Waals surface area (Å²) in [5, 5.41) is 2.63. The smallest absolute Gasteiger partial charge is 0.296 e. The number of amides is 1. The zero-order valence-electron chi connectivity index (χ0n) is 14.5. The van der Waals surface area contributed by atoms with E-state index in [0.29, 0.717) is 17.7 Å². The van der Waals surface area contributed by atoms with Gasteiger partial charge in [0.2, 0.25) is 0 Å². The van der Waals surface area contributed by atoms with Gasteiger partial charge in [-0.3, -0.25) is 14.6 Å². The Morgan fingerprint density at radius 2 is 1.67 bits per heavy atom. The van der Waals surface area contributed by atoms with Crippen molar-refractivity contribution in [3.63, 3.8) is 0 Å². The van der Waals surface area contributed by atoms with Crippen LogP contribution in [0, 0.1) is 0 Å². The van der Waals surface area contributed by atoms with Crippen molar-refractivity contribution in [3.8, 4) is 0 Å². The third kappa shape index (κ3) is 3.48. The van der Waals surface area contributed by atoms with Crippen molar-refractivity contribution in [2.45, 2.75) is 6.42 Å². The van der Waals surface area contributed by atoms with Gasteiger partial charge in [0.1, 0.15) is 0 Å². The first-order valence-corrected chi connectivity index (χ1v) is 8.61. The molecule has 3 heterocycles. The molecule has 0 atom stereocenters. The third-order valence-corrected chi connectivity index (χ3v) is 4.37. The fourth-order valence-electron chi connectivity index (χ4n) is 3.09. The molecule has 0 spiro atoms. The molecule has 4 rings (SSSR count). The molecule has 27 heavy (non-hydrogen) atoms. The first-order chi connectivity index (χ1) is 13.2. The Balaban J connectivity index is 1.67. The quantitative estimate of drug-likeness (QED) is 0.438. The number of nitrogens with one attached hydrogen (secondary N) is 1. The SMILES string of the molecule is O=C(Nc1ccncc1)C(=O)c1cc(Cc2ccccc2)n2ccccc12. The van der Waals surface area contributed by atoms with Crippen molar-refractivity contribution in [3.05, 3.63) is 102 Å². The van der Waals surface area contributed by atoms with Crippen LogP contribution in [0.5, 0.6) is 0 Å². The molecule has 0 saturated heterocycles. The Hall–Kier alpha value is -3.73. The van der Waals surface area contributed by atoms with Gasteiger partial charge in [-0.25, -0.2) is 0 Å². The lowest BCUT2D eigenvalue weighted by atomic mass is 10.1. The molecule has 0 saturated carbocycles. The van der Waals surface area contributed by atoms with E-state index in [1.54, 1.807) is 30.6 Å². The number of rotatable bonds is 5. The molecule has 0 aliphatic carbocycles. The second-order valence-corrected chi connectivity index (χ2v) is 6.19. The summed E-state index contributed by atoms with van der Waals surface area (Å²) in [6.07, 6.45) is 5.70. The second kappa shape index (κ2) is 7.25. The number of Topliss-reactive ketones (excluding diaryl/α,β-unsaturated/α-hetero) is 1. The fourth-order valence-corrected chi connectivity index (χ4v) is 3.09. The first kappa shape index (κ1) is 16.7. The van der Waals surface area contributed by atoms with Crippen LogP contribution in [0.1, 0.15) is 21.6 Å². The van der Waals surface area contributed by atoms with Crippen molar-refractivity contribution < 1.29 is 9.59 Å². The first-order valence-electron chi connectivity index (χ1n) is 8.61. The van der Waals surface area contributed by atoms with Crippen LogP contribution in [0.15, 0.2) is 85.3 Å². The molecule has 5 nitrogen and oxygen atoms in total. The molecule has 5 heteroatoms. The van der Waals surface area contributed by atoms with Crippen LogP contribution in [-0.2, 0) is 11.2 Å². The van der Waals surface area contributed by atoms with Gasteiger partial charge in [-0.05, 0) is 35.9 Å². The summed E-state index contributed by atoms with van der Waals surface area (Å²) in [4.78, 5) is 29.1. The highest BCUT2D eigenvalue weighted by Gasteiger charge is 2.22. The van der Waals surface area contributed by atoms with Gasteiger partial charge in [-0.15, -0.1) is 0 Å². The van der Waals surface area contributed by atoms with Crippen LogP contribution in [0.4, 0.5) is 5.69 Å². The maximum Gasteiger partial charge on any atom is 0.296 e. The Kier molecular flexibility index (Phi) is 4.49. The molecular weight excluding hydrogens is 338 g/mol. The Morgan fingerprint density at radius 3 is 2.44 bits per heavy atom. The predicted octanol–water partition coefficient (Wildman–Crippen LogP) is 3.75. The molecular formula is C22H17N3O2. The molecule has 1 N–H and O–H groups in total. The molecule has 132 valence electrons. The number of hydrogen-bond acceptors (Lipinski definition) is 3. The average Bonchev–Trinajstić information content (AvgIpc) is 3.07. The molecule has 0 bridgehead atoms. The summed E-state index contributed by atoms with van der Waals surface area (Å²) in [6.45, 7) is 0. The van der Waals surface area contributed by atoms with Crippen LogP contribution in [0.3, 0.4) is 0 Å². The zero-order chi connectivity index (χ0) is 18.6. The summed E-state index contributed by atoms with van der Waals surface area (Å²) >= 11 is 0. The number of fused-ring (bicyclic) bond motifs is 1. The number of aromatic nitrogens is 2. The van der Waals surface area contributed by atoms with Crippen LogP contribution < -0.4 is 5.32 Å². The van der Waals surface area contributed by atoms with Crippen molar-refractivity contribution in [2.24, 2.45) is 0 Å². The van der Waals surface area contributed by atoms with E-state index in [0.717, 1.165) is 16.8 Å². The summed E-state index contributed by atoms with van der Waals surface area (Å²) in [5.74, 6) is -1.22. The summed E-state index contributed by atoms with van der Waals surface area (Å²) in [6, 6.07) is 20.7. The van der Waals surface area contributed by atoms with Gasteiger partial charge in [-0.2, -0.15) is 0 Å². The van der Waals surface area contributed by atoms with Gasteiger partial charge in [0.25, 0.3) is 11.7 Å². The number of pyridine rings is 2. The molecule has 0 radical (unpaired) electrons. The standard InChI is InChI=1S/C22H17N3O2/c26-21(22(27)24-17-9-11-23-12-10-17)19-15-18(14-16-6-2-1-3-7-16)25-13-5-4-8-20(19)25/h1-13,15H,14H2,(H,23,24,27). The van der Waals surface area contributed by atoms with Crippen LogP contribution in [0.25, 0.3) is 5.52 Å². The lowest BCUT2D eigenvalue weighted by molar-refractivity contribution is -0.112. The average molecular weight is 355 g/mol. The van der Waals surface area contributed by atoms with Gasteiger partial charge in [-0.1, -0.05) is 36.4 Å². The number of carbonyl (C=O) groups excluding carboxylic acids is 2. The van der Waals surface area contributed by atoms with Crippen LogP contribution in [-0.4, -0.2) is 21.1 Å². The van der Waals surface area contributed by atoms with Crippen molar-refractivity contribution >= 4 is 22.9 Å². The van der Waals surface area contributed by atoms with E-state index in [-0.39, 0.29) is 0 Å². The zero-order valence-corrected chi connectivity index (χ0v) is 14.5. The van der Waals surface area contributed by atoms with Crippen LogP contribution in [0.2, 0.25) is 0 Å². The normalized spacial score (nSPS) is 10.7. The van der Waals surface area contributed by atoms with Crippen molar-refractivity contribution in [2.75, 3.05) is 5.32 Å². The summed E-state index contributed by atoms with van der Waals surface area (Å²) in [7, 11) is 0. The second-order valence-electron chi connectivity index (χ2n) is 6.19.